The van der Waals surface area contributed by atoms with E-state index in [1.54, 1.807) is 0 Å². The Balaban J connectivity index is 0.00000242. The van der Waals surface area contributed by atoms with Gasteiger partial charge in [-0.15, -0.1) is 24.0 Å². The number of halogens is 1. The minimum atomic E-state index is 0. The van der Waals surface area contributed by atoms with Gasteiger partial charge in [-0.1, -0.05) is 19.3 Å². The van der Waals surface area contributed by atoms with Gasteiger partial charge in [-0.25, -0.2) is 0 Å². The van der Waals surface area contributed by atoms with Crippen LogP contribution >= 0.6 is 24.0 Å². The Bertz CT molecular complexity index is 318. The van der Waals surface area contributed by atoms with E-state index in [1.807, 2.05) is 7.05 Å². The summed E-state index contributed by atoms with van der Waals surface area (Å²) in [5.41, 5.74) is 0. The monoisotopic (exact) mass is 422 g/mol. The number of hydrogen-bond acceptors (Lipinski definition) is 2. The van der Waals surface area contributed by atoms with Crippen LogP contribution in [0.25, 0.3) is 0 Å². The van der Waals surface area contributed by atoms with Crippen LogP contribution in [0.1, 0.15) is 58.3 Å². The van der Waals surface area contributed by atoms with E-state index in [2.05, 4.69) is 27.4 Å². The number of guanidine groups is 1. The maximum atomic E-state index is 4.30. The zero-order chi connectivity index (χ0) is 14.9. The predicted molar refractivity (Wildman–Crippen MR) is 106 cm³/mol. The first-order chi connectivity index (χ1) is 10.3. The van der Waals surface area contributed by atoms with Gasteiger partial charge in [0.2, 0.25) is 0 Å². The van der Waals surface area contributed by atoms with E-state index in [0.717, 1.165) is 31.0 Å². The van der Waals surface area contributed by atoms with Crippen molar-refractivity contribution in [3.8, 4) is 0 Å². The SMILES string of the molecule is CN=C(NCCCC1CC1)NCCCN1CCCCC1C.I. The minimum Gasteiger partial charge on any atom is -0.356 e. The largest absolute Gasteiger partial charge is 0.356 e. The summed E-state index contributed by atoms with van der Waals surface area (Å²) in [6, 6.07) is 0.776. The van der Waals surface area contributed by atoms with Gasteiger partial charge in [-0.2, -0.15) is 0 Å². The summed E-state index contributed by atoms with van der Waals surface area (Å²) < 4.78 is 0. The van der Waals surface area contributed by atoms with Gasteiger partial charge in [0, 0.05) is 32.7 Å². The summed E-state index contributed by atoms with van der Waals surface area (Å²) in [6.45, 7) is 6.94. The van der Waals surface area contributed by atoms with Gasteiger partial charge in [0.25, 0.3) is 0 Å². The van der Waals surface area contributed by atoms with Crippen LogP contribution in [0.15, 0.2) is 4.99 Å². The van der Waals surface area contributed by atoms with Gasteiger partial charge in [0.15, 0.2) is 5.96 Å². The zero-order valence-electron chi connectivity index (χ0n) is 14.4. The van der Waals surface area contributed by atoms with Gasteiger partial charge >= 0.3 is 0 Å². The molecular weight excluding hydrogens is 387 g/mol. The molecule has 0 amide bonds. The van der Waals surface area contributed by atoms with E-state index >= 15 is 0 Å². The summed E-state index contributed by atoms with van der Waals surface area (Å²) in [7, 11) is 1.86. The fourth-order valence-electron chi connectivity index (χ4n) is 3.20. The van der Waals surface area contributed by atoms with Crippen LogP contribution in [0.3, 0.4) is 0 Å². The number of nitrogens with one attached hydrogen (secondary N) is 2. The van der Waals surface area contributed by atoms with E-state index in [0.29, 0.717) is 0 Å². The second-order valence-corrected chi connectivity index (χ2v) is 6.75. The molecule has 0 aromatic rings. The zero-order valence-corrected chi connectivity index (χ0v) is 16.8. The Labute approximate surface area is 153 Å². The number of rotatable bonds is 8. The summed E-state index contributed by atoms with van der Waals surface area (Å²) >= 11 is 0. The Morgan fingerprint density at radius 2 is 1.82 bits per heavy atom. The van der Waals surface area contributed by atoms with Gasteiger partial charge in [-0.05, 0) is 51.5 Å². The quantitative estimate of drug-likeness (QED) is 0.273. The maximum absolute atomic E-state index is 4.30. The normalized spacial score (nSPS) is 23.0. The van der Waals surface area contributed by atoms with Gasteiger partial charge < -0.3 is 15.5 Å². The lowest BCUT2D eigenvalue weighted by molar-refractivity contribution is 0.159. The lowest BCUT2D eigenvalue weighted by atomic mass is 10.0. The van der Waals surface area contributed by atoms with Crippen molar-refractivity contribution < 1.29 is 0 Å². The molecule has 130 valence electrons. The molecular formula is C17H35IN4. The van der Waals surface area contributed by atoms with Crippen LogP contribution < -0.4 is 10.6 Å². The average Bonchev–Trinajstić information content (AvgIpc) is 3.31. The number of aliphatic imine (C=N–C) groups is 1. The van der Waals surface area contributed by atoms with Crippen LogP contribution in [0, 0.1) is 5.92 Å². The first kappa shape index (κ1) is 20.0. The number of piperidine rings is 1. The first-order valence-corrected chi connectivity index (χ1v) is 8.98. The fraction of sp³-hybridized carbons (Fsp3) is 0.941. The third kappa shape index (κ3) is 7.99. The first-order valence-electron chi connectivity index (χ1n) is 8.98. The smallest absolute Gasteiger partial charge is 0.190 e. The van der Waals surface area contributed by atoms with Crippen molar-refractivity contribution in [2.24, 2.45) is 10.9 Å². The molecule has 1 unspecified atom stereocenters. The molecule has 2 N–H and O–H groups in total. The highest BCUT2D eigenvalue weighted by Gasteiger charge is 2.20. The standard InChI is InChI=1S/C17H34N4.HI/c1-15-7-3-4-13-21(15)14-6-12-20-17(18-2)19-11-5-8-16-9-10-16;/h15-16H,3-14H2,1-2H3,(H2,18,19,20);1H. The van der Waals surface area contributed by atoms with Crippen LogP contribution in [0.2, 0.25) is 0 Å². The molecule has 0 aromatic heterocycles. The van der Waals surface area contributed by atoms with Crippen molar-refractivity contribution in [2.45, 2.75) is 64.3 Å². The second-order valence-electron chi connectivity index (χ2n) is 6.75. The molecule has 22 heavy (non-hydrogen) atoms. The van der Waals surface area contributed by atoms with Gasteiger partial charge in [0.05, 0.1) is 0 Å². The van der Waals surface area contributed by atoms with Crippen molar-refractivity contribution in [1.82, 2.24) is 15.5 Å². The van der Waals surface area contributed by atoms with Crippen molar-refractivity contribution in [1.29, 1.82) is 0 Å². The highest BCUT2D eigenvalue weighted by Crippen LogP contribution is 2.33. The Kier molecular flexibility index (Phi) is 10.4. The lowest BCUT2D eigenvalue weighted by Crippen LogP contribution is -2.41. The Hall–Kier alpha value is -0.0400. The summed E-state index contributed by atoms with van der Waals surface area (Å²) in [5.74, 6) is 2.01. The summed E-state index contributed by atoms with van der Waals surface area (Å²) in [4.78, 5) is 6.94. The van der Waals surface area contributed by atoms with Crippen molar-refractivity contribution in [3.05, 3.63) is 0 Å². The molecule has 1 heterocycles. The van der Waals surface area contributed by atoms with E-state index in [1.165, 1.54) is 64.5 Å². The van der Waals surface area contributed by atoms with Crippen molar-refractivity contribution in [3.63, 3.8) is 0 Å². The van der Waals surface area contributed by atoms with Gasteiger partial charge in [0.1, 0.15) is 0 Å². The molecule has 4 nitrogen and oxygen atoms in total. The molecule has 2 aliphatic rings. The average molecular weight is 422 g/mol. The molecule has 2 rings (SSSR count). The number of hydrogen-bond donors (Lipinski definition) is 2. The molecule has 1 aliphatic carbocycles. The van der Waals surface area contributed by atoms with E-state index in [4.69, 9.17) is 0 Å². The van der Waals surface area contributed by atoms with Crippen LogP contribution in [-0.2, 0) is 0 Å². The van der Waals surface area contributed by atoms with Crippen molar-refractivity contribution >= 4 is 29.9 Å². The second kappa shape index (κ2) is 11.5. The minimum absolute atomic E-state index is 0. The topological polar surface area (TPSA) is 39.7 Å². The molecule has 5 heteroatoms. The third-order valence-electron chi connectivity index (χ3n) is 4.86. The Morgan fingerprint density at radius 1 is 1.09 bits per heavy atom. The molecule has 0 aromatic carbocycles. The highest BCUT2D eigenvalue weighted by molar-refractivity contribution is 14.0. The molecule has 0 bridgehead atoms. The lowest BCUT2D eigenvalue weighted by Gasteiger charge is -2.33. The maximum Gasteiger partial charge on any atom is 0.190 e. The van der Waals surface area contributed by atoms with Crippen LogP contribution in [0.5, 0.6) is 0 Å². The number of nitrogens with zero attached hydrogens (tertiary/aromatic N) is 2. The van der Waals surface area contributed by atoms with E-state index < -0.39 is 0 Å². The highest BCUT2D eigenvalue weighted by atomic mass is 127. The Morgan fingerprint density at radius 3 is 2.45 bits per heavy atom. The van der Waals surface area contributed by atoms with E-state index in [-0.39, 0.29) is 24.0 Å². The predicted octanol–water partition coefficient (Wildman–Crippen LogP) is 3.22. The molecule has 1 atom stereocenters. The van der Waals surface area contributed by atoms with Crippen LogP contribution in [-0.4, -0.2) is 50.1 Å². The third-order valence-corrected chi connectivity index (χ3v) is 4.86. The molecule has 2 fully saturated rings. The number of likely N-dealkylation sites (tertiary alicyclic amines) is 1. The van der Waals surface area contributed by atoms with Crippen LogP contribution in [0.4, 0.5) is 0 Å². The van der Waals surface area contributed by atoms with E-state index in [9.17, 15) is 0 Å². The molecule has 1 aliphatic heterocycles. The molecule has 0 spiro atoms. The molecule has 1 saturated heterocycles. The molecule has 1 saturated carbocycles. The molecule has 0 radical (unpaired) electrons. The fourth-order valence-corrected chi connectivity index (χ4v) is 3.20. The summed E-state index contributed by atoms with van der Waals surface area (Å²) in [6.07, 6.45) is 10.9. The van der Waals surface area contributed by atoms with Crippen molar-refractivity contribution in [2.75, 3.05) is 33.2 Å². The summed E-state index contributed by atoms with van der Waals surface area (Å²) in [5, 5.41) is 6.86. The van der Waals surface area contributed by atoms with Gasteiger partial charge in [-0.3, -0.25) is 4.99 Å².